The molecule has 0 spiro atoms. The van der Waals surface area contributed by atoms with Crippen LogP contribution in [0.4, 0.5) is 0 Å². The number of hydrogen-bond acceptors (Lipinski definition) is 6. The van der Waals surface area contributed by atoms with Gasteiger partial charge in [-0.1, -0.05) is 12.1 Å². The lowest BCUT2D eigenvalue weighted by molar-refractivity contribution is 0.409. The Balaban J connectivity index is 2.23. The highest BCUT2D eigenvalue weighted by Gasteiger charge is 2.10. The minimum Gasteiger partial charge on any atom is -0.343 e. The predicted octanol–water partition coefficient (Wildman–Crippen LogP) is -0.511. The Labute approximate surface area is 94.7 Å². The van der Waals surface area contributed by atoms with Gasteiger partial charge in [-0.3, -0.25) is 0 Å². The van der Waals surface area contributed by atoms with Crippen molar-refractivity contribution in [2.24, 2.45) is 0 Å². The summed E-state index contributed by atoms with van der Waals surface area (Å²) in [4.78, 5) is 3.71. The van der Waals surface area contributed by atoms with Crippen LogP contribution < -0.4 is 10.0 Å². The highest BCUT2D eigenvalue weighted by atomic mass is 32.2. The van der Waals surface area contributed by atoms with E-state index in [9.17, 15) is 8.42 Å². The first-order valence-corrected chi connectivity index (χ1v) is 6.72. The van der Waals surface area contributed by atoms with Gasteiger partial charge in [0.05, 0.1) is 12.3 Å². The van der Waals surface area contributed by atoms with Crippen molar-refractivity contribution in [2.45, 2.75) is 19.9 Å². The average Bonchev–Trinajstić information content (AvgIpc) is 2.75. The third-order valence-corrected chi connectivity index (χ3v) is 3.16. The maximum atomic E-state index is 11.5. The van der Waals surface area contributed by atoms with Gasteiger partial charge in [-0.25, -0.2) is 13.1 Å². The van der Waals surface area contributed by atoms with Crippen molar-refractivity contribution < 1.29 is 12.9 Å². The Morgan fingerprint density at radius 2 is 2.25 bits per heavy atom. The molecule has 0 aromatic carbocycles. The third-order valence-electron chi connectivity index (χ3n) is 1.83. The number of sulfonamides is 1. The molecule has 0 bridgehead atoms. The molecule has 1 heterocycles. The van der Waals surface area contributed by atoms with E-state index < -0.39 is 10.0 Å². The molecule has 0 amide bonds. The van der Waals surface area contributed by atoms with Crippen LogP contribution in [0.1, 0.15) is 19.2 Å². The van der Waals surface area contributed by atoms with Gasteiger partial charge in [0, 0.05) is 6.54 Å². The van der Waals surface area contributed by atoms with Crippen molar-refractivity contribution in [1.29, 1.82) is 0 Å². The smallest absolute Gasteiger partial charge is 0.213 e. The van der Waals surface area contributed by atoms with E-state index >= 15 is 0 Å². The van der Waals surface area contributed by atoms with E-state index in [-0.39, 0.29) is 12.3 Å². The van der Waals surface area contributed by atoms with Crippen LogP contribution in [0, 0.1) is 0 Å². The molecule has 0 atom stereocenters. The minimum atomic E-state index is -3.27. The molecule has 16 heavy (non-hydrogen) atoms. The van der Waals surface area contributed by atoms with Gasteiger partial charge in [0.25, 0.3) is 0 Å². The summed E-state index contributed by atoms with van der Waals surface area (Å²) in [6.07, 6.45) is 2.14. The Kier molecular flexibility index (Phi) is 5.36. The number of rotatable bonds is 8. The molecule has 0 radical (unpaired) electrons. The highest BCUT2D eigenvalue weighted by molar-refractivity contribution is 7.89. The van der Waals surface area contributed by atoms with Gasteiger partial charge in [-0.2, -0.15) is 4.98 Å². The SMILES string of the molecule is CCCNCCS(=O)(=O)NCc1ncon1. The summed E-state index contributed by atoms with van der Waals surface area (Å²) < 4.78 is 29.8. The topological polar surface area (TPSA) is 97.1 Å². The maximum absolute atomic E-state index is 11.5. The number of hydrogen-bond donors (Lipinski definition) is 2. The van der Waals surface area contributed by atoms with E-state index in [2.05, 4.69) is 24.7 Å². The Bertz CT molecular complexity index is 376. The van der Waals surface area contributed by atoms with E-state index in [4.69, 9.17) is 0 Å². The van der Waals surface area contributed by atoms with Gasteiger partial charge in [0.1, 0.15) is 0 Å². The normalized spacial score (nSPS) is 11.8. The van der Waals surface area contributed by atoms with Crippen LogP contribution >= 0.6 is 0 Å². The molecule has 0 aliphatic heterocycles. The van der Waals surface area contributed by atoms with Gasteiger partial charge in [0.2, 0.25) is 16.4 Å². The lowest BCUT2D eigenvalue weighted by Crippen LogP contribution is -2.32. The van der Waals surface area contributed by atoms with Crippen LogP contribution in [-0.2, 0) is 16.6 Å². The zero-order valence-electron chi connectivity index (χ0n) is 9.14. The van der Waals surface area contributed by atoms with Crippen molar-refractivity contribution in [1.82, 2.24) is 20.2 Å². The van der Waals surface area contributed by atoms with Crippen LogP contribution in [0.2, 0.25) is 0 Å². The first-order chi connectivity index (χ1) is 7.64. The summed E-state index contributed by atoms with van der Waals surface area (Å²) >= 11 is 0. The van der Waals surface area contributed by atoms with Crippen LogP contribution in [0.15, 0.2) is 10.9 Å². The fraction of sp³-hybridized carbons (Fsp3) is 0.750. The Hall–Kier alpha value is -0.990. The molecule has 2 N–H and O–H groups in total. The van der Waals surface area contributed by atoms with E-state index in [1.54, 1.807) is 0 Å². The van der Waals surface area contributed by atoms with Gasteiger partial charge in [-0.15, -0.1) is 0 Å². The van der Waals surface area contributed by atoms with Crippen LogP contribution in [0.25, 0.3) is 0 Å². The molecular formula is C8H16N4O3S. The third kappa shape index (κ3) is 5.19. The molecule has 1 rings (SSSR count). The average molecular weight is 248 g/mol. The minimum absolute atomic E-state index is 0.0465. The number of aromatic nitrogens is 2. The molecule has 8 heteroatoms. The van der Waals surface area contributed by atoms with Gasteiger partial charge < -0.3 is 9.84 Å². The van der Waals surface area contributed by atoms with Crippen molar-refractivity contribution in [3.8, 4) is 0 Å². The molecule has 0 saturated carbocycles. The number of nitrogens with one attached hydrogen (secondary N) is 2. The molecule has 0 aliphatic carbocycles. The molecule has 1 aromatic rings. The zero-order valence-corrected chi connectivity index (χ0v) is 9.96. The fourth-order valence-electron chi connectivity index (χ4n) is 1.03. The second-order valence-corrected chi connectivity index (χ2v) is 5.16. The molecule has 92 valence electrons. The highest BCUT2D eigenvalue weighted by Crippen LogP contribution is 1.90. The summed E-state index contributed by atoms with van der Waals surface area (Å²) in [6, 6.07) is 0. The van der Waals surface area contributed by atoms with Crippen LogP contribution in [0.5, 0.6) is 0 Å². The van der Waals surface area contributed by atoms with Crippen LogP contribution in [0.3, 0.4) is 0 Å². The monoisotopic (exact) mass is 248 g/mol. The summed E-state index contributed by atoms with van der Waals surface area (Å²) in [5, 5.41) is 6.52. The summed E-state index contributed by atoms with van der Waals surface area (Å²) in [7, 11) is -3.27. The van der Waals surface area contributed by atoms with Gasteiger partial charge in [0.15, 0.2) is 5.82 Å². The fourth-order valence-corrected chi connectivity index (χ4v) is 1.93. The first-order valence-electron chi connectivity index (χ1n) is 5.07. The van der Waals surface area contributed by atoms with Gasteiger partial charge >= 0.3 is 0 Å². The van der Waals surface area contributed by atoms with E-state index in [1.165, 1.54) is 0 Å². The van der Waals surface area contributed by atoms with Crippen molar-refractivity contribution in [3.05, 3.63) is 12.2 Å². The summed E-state index contributed by atoms with van der Waals surface area (Å²) in [5.41, 5.74) is 0. The van der Waals surface area contributed by atoms with Crippen molar-refractivity contribution in [3.63, 3.8) is 0 Å². The Morgan fingerprint density at radius 3 is 2.88 bits per heavy atom. The van der Waals surface area contributed by atoms with Crippen LogP contribution in [-0.4, -0.2) is 37.4 Å². The summed E-state index contributed by atoms with van der Waals surface area (Å²) in [5.74, 6) is 0.371. The quantitative estimate of drug-likeness (QED) is 0.601. The second kappa shape index (κ2) is 6.56. The van der Waals surface area contributed by atoms with E-state index in [0.717, 1.165) is 19.4 Å². The van der Waals surface area contributed by atoms with E-state index in [0.29, 0.717) is 12.4 Å². The van der Waals surface area contributed by atoms with Crippen molar-refractivity contribution >= 4 is 10.0 Å². The number of nitrogens with zero attached hydrogens (tertiary/aromatic N) is 2. The molecule has 0 saturated heterocycles. The molecular weight excluding hydrogens is 232 g/mol. The zero-order chi connectivity index (χ0) is 11.9. The van der Waals surface area contributed by atoms with Gasteiger partial charge in [-0.05, 0) is 13.0 Å². The molecule has 0 unspecified atom stereocenters. The summed E-state index contributed by atoms with van der Waals surface area (Å²) in [6.45, 7) is 3.35. The standard InChI is InChI=1S/C8H16N4O3S/c1-2-3-9-4-5-16(13,14)11-6-8-10-7-15-12-8/h7,9,11H,2-6H2,1H3. The lowest BCUT2D eigenvalue weighted by Gasteiger charge is -2.05. The second-order valence-electron chi connectivity index (χ2n) is 3.24. The van der Waals surface area contributed by atoms with Crippen molar-refractivity contribution in [2.75, 3.05) is 18.8 Å². The predicted molar refractivity (Wildman–Crippen MR) is 58.1 cm³/mol. The molecule has 7 nitrogen and oxygen atoms in total. The van der Waals surface area contributed by atoms with E-state index in [1.807, 2.05) is 6.92 Å². The molecule has 1 aromatic heterocycles. The maximum Gasteiger partial charge on any atom is 0.213 e. The largest absolute Gasteiger partial charge is 0.343 e. The molecule has 0 aliphatic rings. The Morgan fingerprint density at radius 1 is 1.44 bits per heavy atom. The molecule has 0 fully saturated rings. The lowest BCUT2D eigenvalue weighted by atomic mass is 10.5. The first kappa shape index (κ1) is 13.1.